The minimum atomic E-state index is -0.614. The van der Waals surface area contributed by atoms with Crippen molar-refractivity contribution in [3.63, 3.8) is 0 Å². The SMILES string of the molecule is CCOC(=O)c1nnc(SCc2cnccn2)o1. The molecule has 2 heterocycles. The van der Waals surface area contributed by atoms with Crippen molar-refractivity contribution in [1.82, 2.24) is 20.2 Å². The Hall–Kier alpha value is -1.96. The molecular weight excluding hydrogens is 256 g/mol. The molecule has 0 aromatic carbocycles. The van der Waals surface area contributed by atoms with Crippen LogP contribution >= 0.6 is 11.8 Å². The molecule has 0 saturated heterocycles. The second-order valence-electron chi connectivity index (χ2n) is 3.08. The van der Waals surface area contributed by atoms with Gasteiger partial charge in [0.05, 0.1) is 12.3 Å². The van der Waals surface area contributed by atoms with Gasteiger partial charge in [-0.3, -0.25) is 9.97 Å². The van der Waals surface area contributed by atoms with E-state index in [0.29, 0.717) is 11.0 Å². The zero-order chi connectivity index (χ0) is 12.8. The predicted molar refractivity (Wildman–Crippen MR) is 61.8 cm³/mol. The Morgan fingerprint density at radius 2 is 2.33 bits per heavy atom. The third-order valence-electron chi connectivity index (χ3n) is 1.82. The molecule has 0 fully saturated rings. The first kappa shape index (κ1) is 12.5. The van der Waals surface area contributed by atoms with Crippen LogP contribution < -0.4 is 0 Å². The number of aromatic nitrogens is 4. The van der Waals surface area contributed by atoms with E-state index in [1.807, 2.05) is 0 Å². The van der Waals surface area contributed by atoms with Crippen LogP contribution in [0.4, 0.5) is 0 Å². The van der Waals surface area contributed by atoms with Crippen LogP contribution in [0, 0.1) is 0 Å². The van der Waals surface area contributed by atoms with Crippen LogP contribution in [0.1, 0.15) is 23.3 Å². The van der Waals surface area contributed by atoms with Gasteiger partial charge < -0.3 is 9.15 Å². The van der Waals surface area contributed by atoms with Crippen molar-refractivity contribution < 1.29 is 13.9 Å². The Morgan fingerprint density at radius 1 is 1.44 bits per heavy atom. The van der Waals surface area contributed by atoms with Gasteiger partial charge in [0.2, 0.25) is 0 Å². The third kappa shape index (κ3) is 3.27. The summed E-state index contributed by atoms with van der Waals surface area (Å²) in [6.45, 7) is 1.97. The molecule has 2 aromatic rings. The molecule has 94 valence electrons. The predicted octanol–water partition coefficient (Wildman–Crippen LogP) is 1.33. The summed E-state index contributed by atoms with van der Waals surface area (Å²) < 4.78 is 9.87. The lowest BCUT2D eigenvalue weighted by molar-refractivity contribution is 0.0475. The van der Waals surface area contributed by atoms with Crippen LogP contribution in [-0.2, 0) is 10.5 Å². The minimum Gasteiger partial charge on any atom is -0.459 e. The highest BCUT2D eigenvalue weighted by molar-refractivity contribution is 7.98. The second kappa shape index (κ2) is 6.10. The number of ether oxygens (including phenoxy) is 1. The van der Waals surface area contributed by atoms with E-state index in [0.717, 1.165) is 5.69 Å². The van der Waals surface area contributed by atoms with Crippen LogP contribution in [0.15, 0.2) is 28.2 Å². The van der Waals surface area contributed by atoms with Crippen molar-refractivity contribution in [1.29, 1.82) is 0 Å². The average Bonchev–Trinajstić information content (AvgIpc) is 2.87. The van der Waals surface area contributed by atoms with Gasteiger partial charge in [-0.05, 0) is 6.92 Å². The summed E-state index contributed by atoms with van der Waals surface area (Å²) in [5.41, 5.74) is 0.790. The number of hydrogen-bond acceptors (Lipinski definition) is 8. The second-order valence-corrected chi connectivity index (χ2v) is 4.01. The molecule has 0 aliphatic heterocycles. The van der Waals surface area contributed by atoms with E-state index in [2.05, 4.69) is 20.2 Å². The lowest BCUT2D eigenvalue weighted by atomic mass is 10.5. The molecule has 0 N–H and O–H groups in total. The summed E-state index contributed by atoms with van der Waals surface area (Å²) in [5.74, 6) is -0.215. The van der Waals surface area contributed by atoms with Crippen molar-refractivity contribution in [2.45, 2.75) is 17.9 Å². The summed E-state index contributed by atoms with van der Waals surface area (Å²) in [6, 6.07) is 0. The summed E-state index contributed by atoms with van der Waals surface area (Å²) in [4.78, 5) is 19.3. The molecule has 7 nitrogen and oxygen atoms in total. The van der Waals surface area contributed by atoms with Crippen LogP contribution in [0.25, 0.3) is 0 Å². The van der Waals surface area contributed by atoms with E-state index in [-0.39, 0.29) is 12.5 Å². The third-order valence-corrected chi connectivity index (χ3v) is 2.67. The molecule has 18 heavy (non-hydrogen) atoms. The number of carbonyl (C=O) groups is 1. The molecule has 0 unspecified atom stereocenters. The molecule has 0 atom stereocenters. The highest BCUT2D eigenvalue weighted by Crippen LogP contribution is 2.20. The number of nitrogens with zero attached hydrogens (tertiary/aromatic N) is 4. The minimum absolute atomic E-state index is 0.140. The Kier molecular flexibility index (Phi) is 4.24. The monoisotopic (exact) mass is 266 g/mol. The number of rotatable bonds is 5. The fourth-order valence-electron chi connectivity index (χ4n) is 1.08. The van der Waals surface area contributed by atoms with Gasteiger partial charge in [0.15, 0.2) is 0 Å². The fourth-order valence-corrected chi connectivity index (χ4v) is 1.74. The molecule has 2 aromatic heterocycles. The molecule has 0 aliphatic carbocycles. The van der Waals surface area contributed by atoms with Gasteiger partial charge in [-0.15, -0.1) is 5.10 Å². The van der Waals surface area contributed by atoms with Crippen molar-refractivity contribution in [3.8, 4) is 0 Å². The first-order valence-electron chi connectivity index (χ1n) is 5.18. The smallest absolute Gasteiger partial charge is 0.396 e. The van der Waals surface area contributed by atoms with E-state index < -0.39 is 5.97 Å². The van der Waals surface area contributed by atoms with Gasteiger partial charge >= 0.3 is 11.9 Å². The number of hydrogen-bond donors (Lipinski definition) is 0. The van der Waals surface area contributed by atoms with E-state index in [1.54, 1.807) is 25.5 Å². The topological polar surface area (TPSA) is 91.0 Å². The van der Waals surface area contributed by atoms with Crippen molar-refractivity contribution in [2.24, 2.45) is 0 Å². The first-order valence-corrected chi connectivity index (χ1v) is 6.16. The van der Waals surface area contributed by atoms with Gasteiger partial charge in [0.1, 0.15) is 0 Å². The first-order chi connectivity index (χ1) is 8.79. The molecule has 2 rings (SSSR count). The number of esters is 1. The number of thioether (sulfide) groups is 1. The summed E-state index contributed by atoms with van der Waals surface area (Å²) in [6.07, 6.45) is 4.85. The average molecular weight is 266 g/mol. The van der Waals surface area contributed by atoms with Crippen LogP contribution in [-0.4, -0.2) is 32.7 Å². The molecule has 0 radical (unpaired) electrons. The van der Waals surface area contributed by atoms with Crippen LogP contribution in [0.5, 0.6) is 0 Å². The van der Waals surface area contributed by atoms with Gasteiger partial charge in [0.25, 0.3) is 5.22 Å². The Morgan fingerprint density at radius 3 is 3.06 bits per heavy atom. The zero-order valence-electron chi connectivity index (χ0n) is 9.57. The van der Waals surface area contributed by atoms with Gasteiger partial charge in [-0.1, -0.05) is 16.9 Å². The van der Waals surface area contributed by atoms with Crippen molar-refractivity contribution in [3.05, 3.63) is 30.2 Å². The molecule has 0 bridgehead atoms. The van der Waals surface area contributed by atoms with E-state index in [1.165, 1.54) is 11.8 Å². The maximum absolute atomic E-state index is 11.3. The highest BCUT2D eigenvalue weighted by atomic mass is 32.2. The van der Waals surface area contributed by atoms with Gasteiger partial charge in [-0.2, -0.15) is 0 Å². The largest absolute Gasteiger partial charge is 0.459 e. The molecule has 8 heteroatoms. The number of carbonyl (C=O) groups excluding carboxylic acids is 1. The molecule has 0 spiro atoms. The summed E-state index contributed by atoms with van der Waals surface area (Å²) in [5, 5.41) is 7.63. The van der Waals surface area contributed by atoms with Crippen LogP contribution in [0.2, 0.25) is 0 Å². The Balaban J connectivity index is 1.93. The van der Waals surface area contributed by atoms with E-state index in [9.17, 15) is 4.79 Å². The van der Waals surface area contributed by atoms with Crippen molar-refractivity contribution in [2.75, 3.05) is 6.61 Å². The maximum Gasteiger partial charge on any atom is 0.396 e. The van der Waals surface area contributed by atoms with E-state index >= 15 is 0 Å². The fraction of sp³-hybridized carbons (Fsp3) is 0.300. The summed E-state index contributed by atoms with van der Waals surface area (Å²) >= 11 is 1.28. The Bertz CT molecular complexity index is 517. The van der Waals surface area contributed by atoms with Crippen molar-refractivity contribution >= 4 is 17.7 Å². The standard InChI is InChI=1S/C10H10N4O3S/c1-2-16-9(15)8-13-14-10(17-8)18-6-7-5-11-3-4-12-7/h3-5H,2,6H2,1H3. The quantitative estimate of drug-likeness (QED) is 0.591. The summed E-state index contributed by atoms with van der Waals surface area (Å²) in [7, 11) is 0. The molecular formula is C10H10N4O3S. The lowest BCUT2D eigenvalue weighted by Gasteiger charge is -1.95. The molecule has 0 saturated carbocycles. The Labute approximate surface area is 107 Å². The normalized spacial score (nSPS) is 10.3. The van der Waals surface area contributed by atoms with Gasteiger partial charge in [-0.25, -0.2) is 4.79 Å². The zero-order valence-corrected chi connectivity index (χ0v) is 10.4. The van der Waals surface area contributed by atoms with Gasteiger partial charge in [0, 0.05) is 24.3 Å². The van der Waals surface area contributed by atoms with E-state index in [4.69, 9.17) is 9.15 Å². The molecule has 0 amide bonds. The maximum atomic E-state index is 11.3. The lowest BCUT2D eigenvalue weighted by Crippen LogP contribution is -2.04. The highest BCUT2D eigenvalue weighted by Gasteiger charge is 2.16. The van der Waals surface area contributed by atoms with Crippen LogP contribution in [0.3, 0.4) is 0 Å². The molecule has 0 aliphatic rings.